The maximum absolute atomic E-state index is 16.6. The summed E-state index contributed by atoms with van der Waals surface area (Å²) >= 11 is 7.79. The fraction of sp³-hybridized carbons (Fsp3) is 0.312. The molecule has 0 saturated carbocycles. The number of likely N-dealkylation sites (tertiary alicyclic amines) is 1. The van der Waals surface area contributed by atoms with Gasteiger partial charge in [0.15, 0.2) is 11.6 Å². The molecule has 0 atom stereocenters. The number of nitrogens with two attached hydrogens (primary N) is 2. The molecule has 0 spiro atoms. The largest absolute Gasteiger partial charge is 0.489 e. The maximum atomic E-state index is 16.6. The normalized spacial score (nSPS) is 14.5. The van der Waals surface area contributed by atoms with Gasteiger partial charge in [-0.1, -0.05) is 23.7 Å². The van der Waals surface area contributed by atoms with E-state index in [4.69, 9.17) is 32.5 Å². The zero-order valence-corrected chi connectivity index (χ0v) is 26.8. The van der Waals surface area contributed by atoms with Crippen LogP contribution >= 0.6 is 22.9 Å². The summed E-state index contributed by atoms with van der Waals surface area (Å²) in [4.78, 5) is 17.3. The van der Waals surface area contributed by atoms with Gasteiger partial charge in [-0.15, -0.1) is 11.3 Å². The molecule has 2 aliphatic heterocycles. The van der Waals surface area contributed by atoms with Gasteiger partial charge in [0.1, 0.15) is 40.6 Å². The molecule has 3 aromatic heterocycles. The number of benzene rings is 2. The number of hydrogen-bond donors (Lipinski definition) is 2. The summed E-state index contributed by atoms with van der Waals surface area (Å²) in [6.07, 6.45) is 4.42. The van der Waals surface area contributed by atoms with Crippen molar-refractivity contribution in [2.45, 2.75) is 26.3 Å². The Morgan fingerprint density at radius 2 is 1.91 bits per heavy atom. The lowest BCUT2D eigenvalue weighted by Crippen LogP contribution is -2.28. The molecular formula is C32H31ClF2N8O2S. The van der Waals surface area contributed by atoms with Gasteiger partial charge >= 0.3 is 6.01 Å². The minimum absolute atomic E-state index is 0.0375. The topological polar surface area (TPSA) is 139 Å². The van der Waals surface area contributed by atoms with Gasteiger partial charge in [0, 0.05) is 29.3 Å². The molecule has 2 aromatic carbocycles. The first-order valence-corrected chi connectivity index (χ1v) is 15.9. The number of fused-ring (bicyclic) bond motifs is 1. The Morgan fingerprint density at radius 1 is 1.13 bits per heavy atom. The highest BCUT2D eigenvalue weighted by molar-refractivity contribution is 7.23. The van der Waals surface area contributed by atoms with Crippen LogP contribution in [-0.2, 0) is 6.54 Å². The summed E-state index contributed by atoms with van der Waals surface area (Å²) in [5, 5.41) is 10.2. The van der Waals surface area contributed by atoms with E-state index in [-0.39, 0.29) is 72.7 Å². The molecule has 14 heteroatoms. The Morgan fingerprint density at radius 3 is 2.59 bits per heavy atom. The summed E-state index contributed by atoms with van der Waals surface area (Å²) in [5.74, 6) is -0.532. The van der Waals surface area contributed by atoms with E-state index in [1.807, 2.05) is 17.0 Å². The molecule has 238 valence electrons. The van der Waals surface area contributed by atoms with E-state index < -0.39 is 11.6 Å². The lowest BCUT2D eigenvalue weighted by molar-refractivity contribution is 0.313. The van der Waals surface area contributed by atoms with E-state index in [0.29, 0.717) is 24.7 Å². The van der Waals surface area contributed by atoms with Crippen LogP contribution in [0, 0.1) is 23.0 Å². The van der Waals surface area contributed by atoms with Crippen LogP contribution in [-0.4, -0.2) is 59.7 Å². The summed E-state index contributed by atoms with van der Waals surface area (Å²) in [6, 6.07) is 8.12. The second-order valence-corrected chi connectivity index (χ2v) is 12.3. The second kappa shape index (κ2) is 13.1. The minimum Gasteiger partial charge on any atom is -0.489 e. The minimum atomic E-state index is -0.804. The lowest BCUT2D eigenvalue weighted by atomic mass is 9.96. The number of thiophene rings is 1. The van der Waals surface area contributed by atoms with Crippen molar-refractivity contribution in [2.24, 2.45) is 0 Å². The van der Waals surface area contributed by atoms with E-state index in [1.54, 1.807) is 19.2 Å². The van der Waals surface area contributed by atoms with Crippen LogP contribution in [0.1, 0.15) is 30.9 Å². The van der Waals surface area contributed by atoms with Gasteiger partial charge in [0.25, 0.3) is 0 Å². The maximum Gasteiger partial charge on any atom is 0.319 e. The SMILES string of the molecule is CCOc1nc2c3c(c(Cl)c(-c4ccc(F)c5sc(N)c(C#N)c45)c(F)c3n1)OCCN2Cc1cccnc1N.CN1CCCC1. The van der Waals surface area contributed by atoms with Crippen LogP contribution < -0.4 is 25.8 Å². The molecule has 5 heterocycles. The number of rotatable bonds is 5. The van der Waals surface area contributed by atoms with E-state index in [9.17, 15) is 9.65 Å². The highest BCUT2D eigenvalue weighted by Gasteiger charge is 2.32. The fourth-order valence-electron chi connectivity index (χ4n) is 5.72. The number of nitrogens with zero attached hydrogens (tertiary/aromatic N) is 6. The molecular weight excluding hydrogens is 634 g/mol. The molecule has 46 heavy (non-hydrogen) atoms. The van der Waals surface area contributed by atoms with Crippen LogP contribution in [0.3, 0.4) is 0 Å². The van der Waals surface area contributed by atoms with E-state index in [1.165, 1.54) is 38.1 Å². The third-order valence-corrected chi connectivity index (χ3v) is 9.33. The number of nitrogen functional groups attached to an aromatic ring is 2. The molecule has 1 saturated heterocycles. The molecule has 0 amide bonds. The zero-order chi connectivity index (χ0) is 32.5. The average Bonchev–Trinajstić information content (AvgIpc) is 3.61. The Labute approximate surface area is 273 Å². The monoisotopic (exact) mass is 664 g/mol. The molecule has 1 fully saturated rings. The average molecular weight is 665 g/mol. The first kappa shape index (κ1) is 31.5. The molecule has 0 radical (unpaired) electrons. The van der Waals surface area contributed by atoms with Gasteiger partial charge in [0.2, 0.25) is 0 Å². The smallest absolute Gasteiger partial charge is 0.319 e. The predicted octanol–water partition coefficient (Wildman–Crippen LogP) is 6.38. The van der Waals surface area contributed by atoms with Gasteiger partial charge < -0.3 is 30.7 Å². The van der Waals surface area contributed by atoms with E-state index in [0.717, 1.165) is 16.9 Å². The van der Waals surface area contributed by atoms with Crippen LogP contribution in [0.5, 0.6) is 11.8 Å². The second-order valence-electron chi connectivity index (χ2n) is 10.9. The molecule has 4 N–H and O–H groups in total. The first-order valence-electron chi connectivity index (χ1n) is 14.8. The summed E-state index contributed by atoms with van der Waals surface area (Å²) in [6.45, 7) is 5.48. The summed E-state index contributed by atoms with van der Waals surface area (Å²) < 4.78 is 43.2. The molecule has 7 rings (SSSR count). The lowest BCUT2D eigenvalue weighted by Gasteiger charge is -2.23. The van der Waals surface area contributed by atoms with E-state index in [2.05, 4.69) is 26.9 Å². The Hall–Kier alpha value is -4.51. The van der Waals surface area contributed by atoms with Crippen LogP contribution in [0.2, 0.25) is 5.02 Å². The predicted molar refractivity (Wildman–Crippen MR) is 178 cm³/mol. The van der Waals surface area contributed by atoms with Crippen molar-refractivity contribution in [3.05, 3.63) is 58.2 Å². The standard InChI is InChI=1S/C27H20ClF2N7O2S.C5H11N/c1-2-38-27-35-21-18-22(39-9-8-37(26(18)36-27)11-12-4-3-7-34-24(12)32)19(28)17(20(21)30)13-5-6-15(29)23-16(13)14(10-31)25(33)40-23;1-6-4-2-3-5-6/h3-7H,2,8-9,11,33H2,1H3,(H2,32,34);2-5H2,1H3. The Bertz CT molecular complexity index is 1990. The molecule has 5 aromatic rings. The quantitative estimate of drug-likeness (QED) is 0.217. The first-order chi connectivity index (χ1) is 22.2. The Balaban J connectivity index is 0.000000557. The van der Waals surface area contributed by atoms with Gasteiger partial charge in [-0.25, -0.2) is 13.8 Å². The van der Waals surface area contributed by atoms with Crippen molar-refractivity contribution in [1.29, 1.82) is 5.26 Å². The molecule has 2 aliphatic rings. The van der Waals surface area contributed by atoms with Crippen LogP contribution in [0.25, 0.3) is 32.1 Å². The highest BCUT2D eigenvalue weighted by atomic mass is 35.5. The number of ether oxygens (including phenoxy) is 2. The summed E-state index contributed by atoms with van der Waals surface area (Å²) in [7, 11) is 2.17. The highest BCUT2D eigenvalue weighted by Crippen LogP contribution is 2.50. The van der Waals surface area contributed by atoms with Crippen molar-refractivity contribution < 1.29 is 18.3 Å². The van der Waals surface area contributed by atoms with Crippen LogP contribution in [0.15, 0.2) is 30.5 Å². The van der Waals surface area contributed by atoms with Gasteiger partial charge in [-0.2, -0.15) is 15.2 Å². The molecule has 0 bridgehead atoms. The Kier molecular flexibility index (Phi) is 8.95. The van der Waals surface area contributed by atoms with Gasteiger partial charge in [-0.05, 0) is 57.6 Å². The number of aromatic nitrogens is 3. The van der Waals surface area contributed by atoms with Crippen molar-refractivity contribution in [1.82, 2.24) is 19.9 Å². The fourth-order valence-corrected chi connectivity index (χ4v) is 7.00. The number of halogens is 3. The molecule has 0 unspecified atom stereocenters. The number of pyridine rings is 1. The van der Waals surface area contributed by atoms with Crippen molar-refractivity contribution in [2.75, 3.05) is 56.3 Å². The number of nitriles is 1. The van der Waals surface area contributed by atoms with Gasteiger partial charge in [0.05, 0.1) is 33.8 Å². The van der Waals surface area contributed by atoms with Crippen molar-refractivity contribution >= 4 is 60.6 Å². The van der Waals surface area contributed by atoms with Crippen molar-refractivity contribution in [3.8, 4) is 29.0 Å². The molecule has 0 aliphatic carbocycles. The summed E-state index contributed by atoms with van der Waals surface area (Å²) in [5.41, 5.74) is 12.9. The third-order valence-electron chi connectivity index (χ3n) is 7.94. The van der Waals surface area contributed by atoms with Crippen LogP contribution in [0.4, 0.5) is 25.4 Å². The number of anilines is 3. The van der Waals surface area contributed by atoms with Gasteiger partial charge in [-0.3, -0.25) is 0 Å². The van der Waals surface area contributed by atoms with E-state index >= 15 is 4.39 Å². The van der Waals surface area contributed by atoms with Crippen molar-refractivity contribution in [3.63, 3.8) is 0 Å². The zero-order valence-electron chi connectivity index (χ0n) is 25.2. The third kappa shape index (κ3) is 5.68. The molecule has 10 nitrogen and oxygen atoms in total. The number of hydrogen-bond acceptors (Lipinski definition) is 11.